The average molecular weight is 470 g/mol. The Morgan fingerprint density at radius 2 is 1.81 bits per heavy atom. The molecule has 7 nitrogen and oxygen atoms in total. The number of hydrogen-bond donors (Lipinski definition) is 3. The lowest BCUT2D eigenvalue weighted by Crippen LogP contribution is -2.36. The van der Waals surface area contributed by atoms with E-state index in [1.54, 1.807) is 24.3 Å². The molecule has 3 aromatic carbocycles. The Hall–Kier alpha value is -2.67. The van der Waals surface area contributed by atoms with E-state index in [0.717, 1.165) is 48.5 Å². The highest BCUT2D eigenvalue weighted by Gasteiger charge is 2.14. The molecule has 4 aromatic rings. The van der Waals surface area contributed by atoms with Gasteiger partial charge in [-0.1, -0.05) is 29.8 Å². The Morgan fingerprint density at radius 3 is 2.56 bits per heavy atom. The quantitative estimate of drug-likeness (QED) is 0.374. The van der Waals surface area contributed by atoms with Crippen molar-refractivity contribution in [1.29, 1.82) is 0 Å². The van der Waals surface area contributed by atoms with Crippen LogP contribution in [0.15, 0.2) is 60.7 Å². The van der Waals surface area contributed by atoms with Crippen LogP contribution in [0.2, 0.25) is 5.02 Å². The van der Waals surface area contributed by atoms with Gasteiger partial charge in [-0.2, -0.15) is 4.98 Å². The average Bonchev–Trinajstić information content (AvgIpc) is 3.20. The van der Waals surface area contributed by atoms with Gasteiger partial charge in [0.15, 0.2) is 8.38 Å². The van der Waals surface area contributed by atoms with Crippen molar-refractivity contribution in [2.75, 3.05) is 31.2 Å². The fourth-order valence-electron chi connectivity index (χ4n) is 3.73. The summed E-state index contributed by atoms with van der Waals surface area (Å²) in [4.78, 5) is 28.8. The Kier molecular flexibility index (Phi) is 6.00. The van der Waals surface area contributed by atoms with Crippen molar-refractivity contribution in [3.05, 3.63) is 65.7 Å². The summed E-state index contributed by atoms with van der Waals surface area (Å²) in [5.41, 5.74) is 4.53. The van der Waals surface area contributed by atoms with Gasteiger partial charge in [0, 0.05) is 29.6 Å². The molecule has 1 aliphatic heterocycles. The lowest BCUT2D eigenvalue weighted by atomic mass is 10.0. The minimum absolute atomic E-state index is 0.299. The maximum atomic E-state index is 9.41. The monoisotopic (exact) mass is 469 g/mol. The molecule has 0 unspecified atom stereocenters. The Bertz CT molecular complexity index is 1240. The molecule has 0 spiro atoms. The van der Waals surface area contributed by atoms with Crippen LogP contribution in [0.4, 0.5) is 5.69 Å². The van der Waals surface area contributed by atoms with Crippen molar-refractivity contribution < 1.29 is 19.3 Å². The van der Waals surface area contributed by atoms with Crippen molar-refractivity contribution >= 4 is 42.0 Å². The van der Waals surface area contributed by atoms with Crippen LogP contribution in [0.1, 0.15) is 0 Å². The van der Waals surface area contributed by atoms with Crippen LogP contribution in [0.5, 0.6) is 11.8 Å². The van der Waals surface area contributed by atoms with E-state index in [0.29, 0.717) is 22.1 Å². The van der Waals surface area contributed by atoms with E-state index >= 15 is 0 Å². The van der Waals surface area contributed by atoms with Crippen LogP contribution in [0.25, 0.3) is 22.2 Å². The Morgan fingerprint density at radius 1 is 1.03 bits per heavy atom. The number of morpholine rings is 1. The van der Waals surface area contributed by atoms with Gasteiger partial charge in [0.1, 0.15) is 5.75 Å². The maximum absolute atomic E-state index is 9.41. The molecule has 3 N–H and O–H groups in total. The minimum Gasteiger partial charge on any atom is -0.426 e. The van der Waals surface area contributed by atoms with Crippen molar-refractivity contribution in [3.63, 3.8) is 0 Å². The third-order valence-electron chi connectivity index (χ3n) is 5.37. The number of aromatic nitrogens is 2. The number of rotatable bonds is 5. The topological polar surface area (TPSA) is 90.8 Å². The number of anilines is 1. The van der Waals surface area contributed by atoms with Crippen LogP contribution in [-0.4, -0.2) is 46.1 Å². The summed E-state index contributed by atoms with van der Waals surface area (Å²) < 4.78 is 11.2. The first-order chi connectivity index (χ1) is 15.6. The van der Waals surface area contributed by atoms with Gasteiger partial charge >= 0.3 is 0 Å². The van der Waals surface area contributed by atoms with Crippen molar-refractivity contribution in [1.82, 2.24) is 9.97 Å². The molecule has 0 aliphatic carbocycles. The van der Waals surface area contributed by atoms with E-state index in [-0.39, 0.29) is 0 Å². The maximum Gasteiger partial charge on any atom is 0.300 e. The first kappa shape index (κ1) is 21.2. The van der Waals surface area contributed by atoms with Crippen LogP contribution in [0.3, 0.4) is 0 Å². The predicted octanol–water partition coefficient (Wildman–Crippen LogP) is 4.43. The van der Waals surface area contributed by atoms with Crippen LogP contribution < -0.4 is 14.9 Å². The summed E-state index contributed by atoms with van der Waals surface area (Å²) in [5, 5.41) is 1.01. The smallest absolute Gasteiger partial charge is 0.300 e. The van der Waals surface area contributed by atoms with E-state index < -0.39 is 8.38 Å². The van der Waals surface area contributed by atoms with Gasteiger partial charge in [0.2, 0.25) is 0 Å². The zero-order valence-corrected chi connectivity index (χ0v) is 18.7. The van der Waals surface area contributed by atoms with Crippen molar-refractivity contribution in [2.45, 2.75) is 0 Å². The molecule has 1 aromatic heterocycles. The number of fused-ring (bicyclic) bond motifs is 1. The van der Waals surface area contributed by atoms with E-state index in [2.05, 4.69) is 39.1 Å². The number of benzene rings is 3. The molecular weight excluding hydrogens is 449 g/mol. The molecule has 9 heteroatoms. The van der Waals surface area contributed by atoms with Gasteiger partial charge < -0.3 is 29.1 Å². The van der Waals surface area contributed by atoms with Crippen LogP contribution in [-0.2, 0) is 4.74 Å². The second kappa shape index (κ2) is 9.06. The van der Waals surface area contributed by atoms with Gasteiger partial charge in [-0.3, -0.25) is 0 Å². The van der Waals surface area contributed by atoms with Gasteiger partial charge in [0.05, 0.1) is 29.3 Å². The fraction of sp³-hybridized carbons (Fsp3) is 0.174. The number of H-pyrrole nitrogens is 1. The van der Waals surface area contributed by atoms with E-state index in [1.807, 2.05) is 12.1 Å². The van der Waals surface area contributed by atoms with E-state index in [1.165, 1.54) is 5.69 Å². The highest BCUT2D eigenvalue weighted by Crippen LogP contribution is 2.34. The number of aromatic amines is 1. The van der Waals surface area contributed by atoms with Gasteiger partial charge in [-0.05, 0) is 48.0 Å². The Balaban J connectivity index is 1.40. The lowest BCUT2D eigenvalue weighted by Gasteiger charge is -2.29. The predicted molar refractivity (Wildman–Crippen MR) is 127 cm³/mol. The van der Waals surface area contributed by atoms with Gasteiger partial charge in [-0.25, -0.2) is 0 Å². The first-order valence-corrected chi connectivity index (χ1v) is 11.8. The molecule has 32 heavy (non-hydrogen) atoms. The van der Waals surface area contributed by atoms with E-state index in [9.17, 15) is 9.79 Å². The molecule has 1 fully saturated rings. The number of ether oxygens (including phenoxy) is 2. The normalized spacial score (nSPS) is 14.3. The summed E-state index contributed by atoms with van der Waals surface area (Å²) in [6.45, 7) is 3.28. The second-order valence-corrected chi connectivity index (χ2v) is 8.93. The summed E-state index contributed by atoms with van der Waals surface area (Å²) in [7, 11) is -2.18. The summed E-state index contributed by atoms with van der Waals surface area (Å²) in [5.74, 6) is 0.460. The van der Waals surface area contributed by atoms with Gasteiger partial charge in [-0.15, -0.1) is 0 Å². The molecule has 1 saturated heterocycles. The number of halogens is 1. The number of nitrogens with one attached hydrogen (secondary N) is 1. The molecule has 2 heterocycles. The summed E-state index contributed by atoms with van der Waals surface area (Å²) in [6.07, 6.45) is 0. The highest BCUT2D eigenvalue weighted by atomic mass is 35.5. The standard InChI is InChI=1S/C23H21ClN3O4P/c24-20-14-22-21(25-23(26-22)31-17-2-1-3-18(12-17)32(28)29)13-19(20)15-4-6-16(7-5-15)27-8-10-30-11-9-27/h1-7,12-14,28-29H,8-11H2,(H,25,26). The molecule has 5 rings (SSSR count). The molecule has 1 aliphatic rings. The zero-order chi connectivity index (χ0) is 22.1. The molecule has 0 radical (unpaired) electrons. The summed E-state index contributed by atoms with van der Waals surface area (Å²) >= 11 is 6.58. The number of imidazole rings is 1. The first-order valence-electron chi connectivity index (χ1n) is 10.1. The summed E-state index contributed by atoms with van der Waals surface area (Å²) in [6, 6.07) is 19.0. The number of hydrogen-bond acceptors (Lipinski definition) is 6. The lowest BCUT2D eigenvalue weighted by molar-refractivity contribution is 0.122. The molecule has 164 valence electrons. The molecule has 0 atom stereocenters. The zero-order valence-electron chi connectivity index (χ0n) is 17.0. The second-order valence-electron chi connectivity index (χ2n) is 7.43. The van der Waals surface area contributed by atoms with E-state index in [4.69, 9.17) is 21.1 Å². The minimum atomic E-state index is -2.18. The fourth-order valence-corrected chi connectivity index (χ4v) is 4.47. The van der Waals surface area contributed by atoms with Gasteiger partial charge in [0.25, 0.3) is 6.01 Å². The third-order valence-corrected chi connectivity index (χ3v) is 6.42. The highest BCUT2D eigenvalue weighted by molar-refractivity contribution is 7.54. The largest absolute Gasteiger partial charge is 0.426 e. The van der Waals surface area contributed by atoms with Crippen LogP contribution >= 0.6 is 20.0 Å². The van der Waals surface area contributed by atoms with Crippen molar-refractivity contribution in [3.8, 4) is 22.9 Å². The van der Waals surface area contributed by atoms with Crippen LogP contribution in [0, 0.1) is 0 Å². The number of nitrogens with zero attached hydrogens (tertiary/aromatic N) is 2. The molecule has 0 amide bonds. The molecule has 0 bridgehead atoms. The third kappa shape index (κ3) is 4.44. The Labute approximate surface area is 191 Å². The SMILES string of the molecule is OP(O)c1cccc(Oc2nc3cc(-c4ccc(N5CCOCC5)cc4)c(Cl)cc3[nH]2)c1. The van der Waals surface area contributed by atoms with Crippen molar-refractivity contribution in [2.24, 2.45) is 0 Å². The molecule has 0 saturated carbocycles. The molecular formula is C23H21ClN3O4P.